The summed E-state index contributed by atoms with van der Waals surface area (Å²) in [5.74, 6) is -0.219. The van der Waals surface area contributed by atoms with Crippen molar-refractivity contribution in [1.82, 2.24) is 0 Å². The molecule has 0 aliphatic heterocycles. The number of hydrogen-bond donors (Lipinski definition) is 0. The van der Waals surface area contributed by atoms with Crippen LogP contribution in [0.4, 0.5) is 10.1 Å². The molecule has 29 heavy (non-hydrogen) atoms. The standard InChI is InChI=1S/C22H26FN3O3/c1-3-4-7-18(16-24)14-15-25-21(8-5-6-9-22(28)29-2)26(17-27)20-12-10-19(23)11-13-20/h4,7,10-14,17H,3,5-6,8-9,15H2,1-2H3/b7-4-,18-14+,25-21?. The first-order valence-electron chi connectivity index (χ1n) is 9.42. The number of benzene rings is 1. The largest absolute Gasteiger partial charge is 0.469 e. The highest BCUT2D eigenvalue weighted by Gasteiger charge is 2.13. The van der Waals surface area contributed by atoms with Crippen LogP contribution >= 0.6 is 0 Å². The Bertz CT molecular complexity index is 793. The molecule has 7 heteroatoms. The molecule has 0 aromatic heterocycles. The number of anilines is 1. The van der Waals surface area contributed by atoms with Gasteiger partial charge >= 0.3 is 5.97 Å². The van der Waals surface area contributed by atoms with Crippen LogP contribution in [0.25, 0.3) is 0 Å². The van der Waals surface area contributed by atoms with Crippen molar-refractivity contribution in [2.45, 2.75) is 39.0 Å². The van der Waals surface area contributed by atoms with E-state index in [1.165, 1.54) is 36.3 Å². The number of nitriles is 1. The third-order valence-electron chi connectivity index (χ3n) is 3.99. The summed E-state index contributed by atoms with van der Waals surface area (Å²) in [5.41, 5.74) is 0.976. The fourth-order valence-corrected chi connectivity index (χ4v) is 2.45. The van der Waals surface area contributed by atoms with E-state index in [0.717, 1.165) is 6.42 Å². The maximum Gasteiger partial charge on any atom is 0.305 e. The number of amides is 1. The Balaban J connectivity index is 2.99. The zero-order valence-electron chi connectivity index (χ0n) is 16.8. The molecule has 0 aliphatic rings. The van der Waals surface area contributed by atoms with Gasteiger partial charge in [-0.2, -0.15) is 5.26 Å². The van der Waals surface area contributed by atoms with Crippen LogP contribution in [0.15, 0.2) is 53.1 Å². The van der Waals surface area contributed by atoms with Gasteiger partial charge in [0.2, 0.25) is 6.41 Å². The minimum atomic E-state index is -0.402. The van der Waals surface area contributed by atoms with Gasteiger partial charge < -0.3 is 4.74 Å². The third-order valence-corrected chi connectivity index (χ3v) is 3.99. The number of allylic oxidation sites excluding steroid dienone is 3. The number of hydrogen-bond acceptors (Lipinski definition) is 5. The minimum absolute atomic E-state index is 0.217. The SMILES string of the molecule is CC/C=C\C(C#N)=C/CN=C(CCCCC(=O)OC)N(C=O)c1ccc(F)cc1. The predicted octanol–water partition coefficient (Wildman–Crippen LogP) is 4.34. The first-order valence-corrected chi connectivity index (χ1v) is 9.42. The van der Waals surface area contributed by atoms with Crippen molar-refractivity contribution in [2.75, 3.05) is 18.6 Å². The van der Waals surface area contributed by atoms with Gasteiger partial charge in [-0.1, -0.05) is 13.0 Å². The number of methoxy groups -OCH3 is 1. The highest BCUT2D eigenvalue weighted by atomic mass is 19.1. The Labute approximate surface area is 171 Å². The number of nitrogens with zero attached hydrogens (tertiary/aromatic N) is 3. The van der Waals surface area contributed by atoms with E-state index in [2.05, 4.69) is 15.8 Å². The van der Waals surface area contributed by atoms with Gasteiger partial charge in [-0.15, -0.1) is 0 Å². The number of carbonyl (C=O) groups is 2. The van der Waals surface area contributed by atoms with Crippen molar-refractivity contribution in [2.24, 2.45) is 4.99 Å². The number of aliphatic imine (C=N–C) groups is 1. The molecule has 0 atom stereocenters. The summed E-state index contributed by atoms with van der Waals surface area (Å²) in [7, 11) is 1.34. The quantitative estimate of drug-likeness (QED) is 0.105. The van der Waals surface area contributed by atoms with Crippen LogP contribution in [0, 0.1) is 17.1 Å². The second-order valence-corrected chi connectivity index (χ2v) is 6.07. The lowest BCUT2D eigenvalue weighted by Crippen LogP contribution is -2.29. The summed E-state index contributed by atoms with van der Waals surface area (Å²) in [6.07, 6.45) is 8.63. The second kappa shape index (κ2) is 13.8. The first-order chi connectivity index (χ1) is 14.0. The van der Waals surface area contributed by atoms with Gasteiger partial charge in [0.05, 0.1) is 19.7 Å². The Morgan fingerprint density at radius 2 is 1.97 bits per heavy atom. The fraction of sp³-hybridized carbons (Fsp3) is 0.364. The van der Waals surface area contributed by atoms with Gasteiger partial charge in [0, 0.05) is 24.1 Å². The lowest BCUT2D eigenvalue weighted by Gasteiger charge is -2.20. The molecule has 0 N–H and O–H groups in total. The number of rotatable bonds is 11. The molecular formula is C22H26FN3O3. The van der Waals surface area contributed by atoms with Gasteiger partial charge in [0.25, 0.3) is 0 Å². The molecular weight excluding hydrogens is 373 g/mol. The zero-order chi connectivity index (χ0) is 21.5. The van der Waals surface area contributed by atoms with Crippen LogP contribution in [0.5, 0.6) is 0 Å². The molecule has 1 rings (SSSR count). The molecule has 0 fully saturated rings. The monoisotopic (exact) mass is 399 g/mol. The van der Waals surface area contributed by atoms with Crippen molar-refractivity contribution in [3.05, 3.63) is 53.9 Å². The fourth-order valence-electron chi connectivity index (χ4n) is 2.45. The summed E-state index contributed by atoms with van der Waals surface area (Å²) in [4.78, 5) is 28.8. The molecule has 0 radical (unpaired) electrons. The molecule has 0 heterocycles. The maximum absolute atomic E-state index is 13.2. The van der Waals surface area contributed by atoms with E-state index < -0.39 is 5.82 Å². The second-order valence-electron chi connectivity index (χ2n) is 6.07. The van der Waals surface area contributed by atoms with E-state index in [9.17, 15) is 14.0 Å². The van der Waals surface area contributed by atoms with E-state index in [-0.39, 0.29) is 18.9 Å². The van der Waals surface area contributed by atoms with Crippen LogP contribution in [-0.4, -0.2) is 31.9 Å². The van der Waals surface area contributed by atoms with Gasteiger partial charge in [-0.3, -0.25) is 19.5 Å². The van der Waals surface area contributed by atoms with Gasteiger partial charge in [-0.05, 0) is 55.7 Å². The summed E-state index contributed by atoms with van der Waals surface area (Å²) < 4.78 is 17.8. The van der Waals surface area contributed by atoms with Crippen LogP contribution < -0.4 is 4.90 Å². The Kier molecular flexibility index (Phi) is 11.3. The summed E-state index contributed by atoms with van der Waals surface area (Å²) in [6, 6.07) is 7.62. The van der Waals surface area contributed by atoms with Crippen molar-refractivity contribution in [3.63, 3.8) is 0 Å². The molecule has 0 spiro atoms. The Hall–Kier alpha value is -3.27. The normalized spacial score (nSPS) is 11.9. The number of halogens is 1. The Morgan fingerprint density at radius 1 is 1.28 bits per heavy atom. The van der Waals surface area contributed by atoms with Crippen LogP contribution in [-0.2, 0) is 14.3 Å². The van der Waals surface area contributed by atoms with Crippen LogP contribution in [0.2, 0.25) is 0 Å². The molecule has 0 saturated carbocycles. The topological polar surface area (TPSA) is 82.8 Å². The molecule has 0 bridgehead atoms. The zero-order valence-corrected chi connectivity index (χ0v) is 16.8. The average molecular weight is 399 g/mol. The van der Waals surface area contributed by atoms with E-state index in [1.54, 1.807) is 12.2 Å². The molecule has 0 aliphatic carbocycles. The number of esters is 1. The van der Waals surface area contributed by atoms with Gasteiger partial charge in [0.1, 0.15) is 11.7 Å². The smallest absolute Gasteiger partial charge is 0.305 e. The number of unbranched alkanes of at least 4 members (excludes halogenated alkanes) is 1. The lowest BCUT2D eigenvalue weighted by atomic mass is 10.1. The minimum Gasteiger partial charge on any atom is -0.469 e. The van der Waals surface area contributed by atoms with Crippen molar-refractivity contribution >= 4 is 23.9 Å². The third kappa shape index (κ3) is 8.98. The first kappa shape index (κ1) is 23.8. The summed E-state index contributed by atoms with van der Waals surface area (Å²) in [6.45, 7) is 2.19. The number of carbonyl (C=O) groups excluding carboxylic acids is 2. The summed E-state index contributed by atoms with van der Waals surface area (Å²) in [5, 5.41) is 9.16. The molecule has 154 valence electrons. The van der Waals surface area contributed by atoms with E-state index in [1.807, 2.05) is 13.0 Å². The average Bonchev–Trinajstić information content (AvgIpc) is 2.74. The van der Waals surface area contributed by atoms with E-state index in [0.29, 0.717) is 42.8 Å². The van der Waals surface area contributed by atoms with Crippen molar-refractivity contribution in [3.8, 4) is 6.07 Å². The van der Waals surface area contributed by atoms with Crippen molar-refractivity contribution in [1.29, 1.82) is 5.26 Å². The summed E-state index contributed by atoms with van der Waals surface area (Å²) >= 11 is 0. The number of amidine groups is 1. The molecule has 0 unspecified atom stereocenters. The molecule has 0 saturated heterocycles. The Morgan fingerprint density at radius 3 is 2.55 bits per heavy atom. The molecule has 1 amide bonds. The highest BCUT2D eigenvalue weighted by Crippen LogP contribution is 2.17. The molecule has 6 nitrogen and oxygen atoms in total. The van der Waals surface area contributed by atoms with E-state index >= 15 is 0 Å². The maximum atomic E-state index is 13.2. The molecule has 1 aromatic carbocycles. The van der Waals surface area contributed by atoms with Crippen LogP contribution in [0.1, 0.15) is 39.0 Å². The predicted molar refractivity (Wildman–Crippen MR) is 111 cm³/mol. The van der Waals surface area contributed by atoms with E-state index in [4.69, 9.17) is 5.26 Å². The van der Waals surface area contributed by atoms with Gasteiger partial charge in [-0.25, -0.2) is 4.39 Å². The van der Waals surface area contributed by atoms with Gasteiger partial charge in [0.15, 0.2) is 0 Å². The van der Waals surface area contributed by atoms with Crippen molar-refractivity contribution < 1.29 is 18.7 Å². The highest BCUT2D eigenvalue weighted by molar-refractivity contribution is 6.09. The lowest BCUT2D eigenvalue weighted by molar-refractivity contribution is -0.140. The number of ether oxygens (including phenoxy) is 1. The molecule has 1 aromatic rings. The van der Waals surface area contributed by atoms with Crippen LogP contribution in [0.3, 0.4) is 0 Å².